The third-order valence-electron chi connectivity index (χ3n) is 4.42. The summed E-state index contributed by atoms with van der Waals surface area (Å²) in [5.41, 5.74) is 5.39. The summed E-state index contributed by atoms with van der Waals surface area (Å²) in [7, 11) is 0. The summed E-state index contributed by atoms with van der Waals surface area (Å²) < 4.78 is 0. The van der Waals surface area contributed by atoms with E-state index in [1.807, 2.05) is 6.92 Å². The van der Waals surface area contributed by atoms with Crippen molar-refractivity contribution in [2.45, 2.75) is 71.4 Å². The van der Waals surface area contributed by atoms with E-state index in [0.717, 1.165) is 19.3 Å². The Bertz CT molecular complexity index is 233. The van der Waals surface area contributed by atoms with E-state index in [-0.39, 0.29) is 5.41 Å². The summed E-state index contributed by atoms with van der Waals surface area (Å²) >= 11 is 0. The number of hydrogen-bond donors (Lipinski definition) is 2. The highest BCUT2D eigenvalue weighted by Gasteiger charge is 2.50. The highest BCUT2D eigenvalue weighted by Crippen LogP contribution is 2.46. The van der Waals surface area contributed by atoms with Gasteiger partial charge in [-0.15, -0.1) is 0 Å². The Balaban J connectivity index is 2.91. The van der Waals surface area contributed by atoms with E-state index in [1.165, 1.54) is 6.42 Å². The van der Waals surface area contributed by atoms with Gasteiger partial charge in [0.25, 0.3) is 0 Å². The highest BCUT2D eigenvalue weighted by molar-refractivity contribution is 5.06. The monoisotopic (exact) mass is 213 g/mol. The largest absolute Gasteiger partial charge is 0.388 e. The van der Waals surface area contributed by atoms with Gasteiger partial charge in [-0.1, -0.05) is 27.7 Å². The topological polar surface area (TPSA) is 46.2 Å². The zero-order valence-corrected chi connectivity index (χ0v) is 10.9. The van der Waals surface area contributed by atoms with Crippen LogP contribution >= 0.6 is 0 Å². The number of hydrogen-bond acceptors (Lipinski definition) is 2. The molecule has 1 saturated carbocycles. The second-order valence-corrected chi connectivity index (χ2v) is 6.66. The van der Waals surface area contributed by atoms with Crippen LogP contribution in [0.5, 0.6) is 0 Å². The van der Waals surface area contributed by atoms with Crippen LogP contribution in [0, 0.1) is 11.3 Å². The van der Waals surface area contributed by atoms with Gasteiger partial charge in [-0.2, -0.15) is 0 Å². The van der Waals surface area contributed by atoms with Gasteiger partial charge in [0.2, 0.25) is 0 Å². The molecule has 0 saturated heterocycles. The van der Waals surface area contributed by atoms with Crippen molar-refractivity contribution in [3.05, 3.63) is 0 Å². The van der Waals surface area contributed by atoms with E-state index in [1.54, 1.807) is 0 Å². The fourth-order valence-corrected chi connectivity index (χ4v) is 2.82. The fourth-order valence-electron chi connectivity index (χ4n) is 2.82. The van der Waals surface area contributed by atoms with Crippen molar-refractivity contribution in [3.8, 4) is 0 Å². The summed E-state index contributed by atoms with van der Waals surface area (Å²) in [6.45, 7) is 10.7. The molecule has 90 valence electrons. The predicted octanol–water partition coefficient (Wildman–Crippen LogP) is 2.69. The predicted molar refractivity (Wildman–Crippen MR) is 64.6 cm³/mol. The van der Waals surface area contributed by atoms with Crippen LogP contribution in [0.25, 0.3) is 0 Å². The van der Waals surface area contributed by atoms with E-state index < -0.39 is 11.1 Å². The van der Waals surface area contributed by atoms with Crippen molar-refractivity contribution in [3.63, 3.8) is 0 Å². The molecule has 0 spiro atoms. The van der Waals surface area contributed by atoms with Crippen LogP contribution in [0.2, 0.25) is 0 Å². The van der Waals surface area contributed by atoms with Crippen molar-refractivity contribution in [1.29, 1.82) is 0 Å². The molecule has 0 bridgehead atoms. The molecule has 2 atom stereocenters. The molecular weight excluding hydrogens is 186 g/mol. The average molecular weight is 213 g/mol. The lowest BCUT2D eigenvalue weighted by Crippen LogP contribution is -2.64. The molecule has 0 heterocycles. The molecule has 0 aromatic rings. The highest BCUT2D eigenvalue weighted by atomic mass is 16.3. The Hall–Kier alpha value is -0.0800. The van der Waals surface area contributed by atoms with Crippen LogP contribution in [-0.2, 0) is 0 Å². The third kappa shape index (κ3) is 2.36. The van der Waals surface area contributed by atoms with Crippen molar-refractivity contribution in [2.75, 3.05) is 0 Å². The van der Waals surface area contributed by atoms with E-state index in [0.29, 0.717) is 5.92 Å². The minimum absolute atomic E-state index is 0.225. The van der Waals surface area contributed by atoms with Crippen LogP contribution < -0.4 is 5.73 Å². The van der Waals surface area contributed by atoms with Gasteiger partial charge in [0.05, 0.1) is 5.60 Å². The molecule has 1 aliphatic carbocycles. The maximum Gasteiger partial charge on any atom is 0.0831 e. The standard InChI is InChI=1S/C13H27NO/c1-10(2)12(5,14)13(15)8-6-7-11(3,4)9-13/h10,15H,6-9,14H2,1-5H3. The van der Waals surface area contributed by atoms with E-state index >= 15 is 0 Å². The van der Waals surface area contributed by atoms with Crippen LogP contribution in [0.1, 0.15) is 60.3 Å². The fraction of sp³-hybridized carbons (Fsp3) is 1.00. The van der Waals surface area contributed by atoms with Crippen molar-refractivity contribution >= 4 is 0 Å². The Morgan fingerprint density at radius 3 is 2.20 bits per heavy atom. The first-order valence-corrected chi connectivity index (χ1v) is 6.12. The minimum atomic E-state index is -0.692. The lowest BCUT2D eigenvalue weighted by Gasteiger charge is -2.51. The first-order valence-electron chi connectivity index (χ1n) is 6.12. The minimum Gasteiger partial charge on any atom is -0.388 e. The third-order valence-corrected chi connectivity index (χ3v) is 4.42. The van der Waals surface area contributed by atoms with E-state index in [4.69, 9.17) is 5.73 Å². The molecule has 0 aromatic heterocycles. The molecule has 2 nitrogen and oxygen atoms in total. The van der Waals surface area contributed by atoms with Crippen LogP contribution in [0.3, 0.4) is 0 Å². The molecule has 2 heteroatoms. The van der Waals surface area contributed by atoms with Crippen molar-refractivity contribution < 1.29 is 5.11 Å². The summed E-state index contributed by atoms with van der Waals surface area (Å²) in [5, 5.41) is 10.8. The van der Waals surface area contributed by atoms with Crippen LogP contribution in [-0.4, -0.2) is 16.2 Å². The van der Waals surface area contributed by atoms with Crippen molar-refractivity contribution in [2.24, 2.45) is 17.1 Å². The molecule has 1 aliphatic rings. The first-order chi connectivity index (χ1) is 6.61. The van der Waals surface area contributed by atoms with Gasteiger partial charge in [0.1, 0.15) is 0 Å². The second kappa shape index (κ2) is 3.74. The van der Waals surface area contributed by atoms with Gasteiger partial charge in [-0.3, -0.25) is 0 Å². The Kier molecular flexibility index (Phi) is 3.24. The normalized spacial score (nSPS) is 35.2. The number of nitrogens with two attached hydrogens (primary N) is 1. The summed E-state index contributed by atoms with van der Waals surface area (Å²) in [6, 6.07) is 0. The summed E-state index contributed by atoms with van der Waals surface area (Å²) in [5.74, 6) is 0.302. The number of rotatable bonds is 2. The SMILES string of the molecule is CC(C)C(C)(N)C1(O)CCCC(C)(C)C1. The molecular formula is C13H27NO. The maximum atomic E-state index is 10.8. The molecule has 15 heavy (non-hydrogen) atoms. The molecule has 0 amide bonds. The number of aliphatic hydroxyl groups is 1. The Morgan fingerprint density at radius 1 is 1.27 bits per heavy atom. The molecule has 1 rings (SSSR count). The first kappa shape index (κ1) is 13.0. The molecule has 3 N–H and O–H groups in total. The van der Waals surface area contributed by atoms with Crippen LogP contribution in [0.15, 0.2) is 0 Å². The van der Waals surface area contributed by atoms with Gasteiger partial charge >= 0.3 is 0 Å². The maximum absolute atomic E-state index is 10.8. The van der Waals surface area contributed by atoms with Gasteiger partial charge < -0.3 is 10.8 Å². The summed E-state index contributed by atoms with van der Waals surface area (Å²) in [4.78, 5) is 0. The lowest BCUT2D eigenvalue weighted by molar-refractivity contribution is -0.104. The smallest absolute Gasteiger partial charge is 0.0831 e. The zero-order valence-electron chi connectivity index (χ0n) is 10.9. The lowest BCUT2D eigenvalue weighted by atomic mass is 9.60. The quantitative estimate of drug-likeness (QED) is 0.741. The molecule has 0 radical (unpaired) electrons. The molecule has 0 aliphatic heterocycles. The molecule has 0 aromatic carbocycles. The summed E-state index contributed by atoms with van der Waals surface area (Å²) in [6.07, 6.45) is 3.96. The van der Waals surface area contributed by atoms with Gasteiger partial charge in [0, 0.05) is 5.54 Å². The van der Waals surface area contributed by atoms with Crippen LogP contribution in [0.4, 0.5) is 0 Å². The Labute approximate surface area is 94.2 Å². The Morgan fingerprint density at radius 2 is 1.80 bits per heavy atom. The van der Waals surface area contributed by atoms with Gasteiger partial charge in [-0.05, 0) is 43.9 Å². The van der Waals surface area contributed by atoms with E-state index in [9.17, 15) is 5.11 Å². The molecule has 2 unspecified atom stereocenters. The van der Waals surface area contributed by atoms with E-state index in [2.05, 4.69) is 27.7 Å². The van der Waals surface area contributed by atoms with Gasteiger partial charge in [0.15, 0.2) is 0 Å². The van der Waals surface area contributed by atoms with Gasteiger partial charge in [-0.25, -0.2) is 0 Å². The molecule has 1 fully saturated rings. The zero-order chi connectivity index (χ0) is 11.9. The average Bonchev–Trinajstić information content (AvgIpc) is 2.00. The second-order valence-electron chi connectivity index (χ2n) is 6.66. The van der Waals surface area contributed by atoms with Crippen molar-refractivity contribution in [1.82, 2.24) is 0 Å².